The molecule has 0 N–H and O–H groups in total. The molecule has 0 bridgehead atoms. The molecule has 0 radical (unpaired) electrons. The molecule has 70 heavy (non-hydrogen) atoms. The van der Waals surface area contributed by atoms with Crippen molar-refractivity contribution in [3.05, 3.63) is 48.6 Å². The summed E-state index contributed by atoms with van der Waals surface area (Å²) in [6, 6.07) is 0. The summed E-state index contributed by atoms with van der Waals surface area (Å²) in [5.41, 5.74) is 0. The van der Waals surface area contributed by atoms with E-state index in [0.717, 1.165) is 70.6 Å². The second-order valence-electron chi connectivity index (χ2n) is 20.9. The van der Waals surface area contributed by atoms with Gasteiger partial charge in [-0.1, -0.05) is 307 Å². The Morgan fingerprint density at radius 3 is 1.03 bits per heavy atom. The fraction of sp³-hybridized carbons (Fsp3) is 0.846. The second kappa shape index (κ2) is 61.2. The summed E-state index contributed by atoms with van der Waals surface area (Å²) in [7, 11) is 0. The third kappa shape index (κ3) is 58.4. The molecular formula is C65H120O5. The summed E-state index contributed by atoms with van der Waals surface area (Å²) >= 11 is 0. The van der Waals surface area contributed by atoms with Gasteiger partial charge in [-0.2, -0.15) is 0 Å². The summed E-state index contributed by atoms with van der Waals surface area (Å²) < 4.78 is 17.5. The highest BCUT2D eigenvalue weighted by Crippen LogP contribution is 2.17. The van der Waals surface area contributed by atoms with Crippen molar-refractivity contribution in [1.29, 1.82) is 0 Å². The number of allylic oxidation sites excluding steroid dienone is 8. The third-order valence-corrected chi connectivity index (χ3v) is 13.9. The Morgan fingerprint density at radius 1 is 0.329 bits per heavy atom. The SMILES string of the molecule is CC/C=C\C/C=C\C/C=C\C/C=C\CCCCCCCCC(=O)OCC(COCCCCCCCCCCCCCCCCCC)OC(=O)CCCCCCCCCCCCCCCCCCCCC. The van der Waals surface area contributed by atoms with Crippen molar-refractivity contribution in [2.45, 2.75) is 335 Å². The number of hydrogen-bond donors (Lipinski definition) is 0. The van der Waals surface area contributed by atoms with Gasteiger partial charge < -0.3 is 14.2 Å². The Hall–Kier alpha value is -2.14. The predicted molar refractivity (Wildman–Crippen MR) is 307 cm³/mol. The Labute approximate surface area is 437 Å². The van der Waals surface area contributed by atoms with Crippen LogP contribution in [0.4, 0.5) is 0 Å². The van der Waals surface area contributed by atoms with E-state index in [1.165, 1.54) is 225 Å². The van der Waals surface area contributed by atoms with Crippen LogP contribution in [0.1, 0.15) is 329 Å². The number of hydrogen-bond acceptors (Lipinski definition) is 5. The van der Waals surface area contributed by atoms with Gasteiger partial charge in [-0.15, -0.1) is 0 Å². The monoisotopic (exact) mass is 981 g/mol. The minimum atomic E-state index is -0.539. The number of carbonyl (C=O) groups is 2. The van der Waals surface area contributed by atoms with Gasteiger partial charge in [0.15, 0.2) is 6.10 Å². The molecule has 0 aromatic carbocycles. The average Bonchev–Trinajstić information content (AvgIpc) is 3.36. The molecule has 0 fully saturated rings. The quantitative estimate of drug-likeness (QED) is 0.0345. The highest BCUT2D eigenvalue weighted by atomic mass is 16.6. The van der Waals surface area contributed by atoms with E-state index in [9.17, 15) is 9.59 Å². The number of ether oxygens (including phenoxy) is 3. The van der Waals surface area contributed by atoms with Crippen molar-refractivity contribution in [3.63, 3.8) is 0 Å². The summed E-state index contributed by atoms with van der Waals surface area (Å²) in [5.74, 6) is -0.391. The van der Waals surface area contributed by atoms with E-state index >= 15 is 0 Å². The van der Waals surface area contributed by atoms with Crippen LogP contribution >= 0.6 is 0 Å². The van der Waals surface area contributed by atoms with Gasteiger partial charge in [0.05, 0.1) is 6.61 Å². The van der Waals surface area contributed by atoms with Crippen molar-refractivity contribution in [2.75, 3.05) is 19.8 Å². The Balaban J connectivity index is 4.25. The van der Waals surface area contributed by atoms with Crippen LogP contribution in [0.3, 0.4) is 0 Å². The molecule has 0 heterocycles. The molecule has 0 saturated heterocycles. The van der Waals surface area contributed by atoms with Crippen LogP contribution in [0.2, 0.25) is 0 Å². The lowest BCUT2D eigenvalue weighted by molar-refractivity contribution is -0.163. The van der Waals surface area contributed by atoms with Crippen LogP contribution in [0.5, 0.6) is 0 Å². The van der Waals surface area contributed by atoms with Gasteiger partial charge in [-0.05, 0) is 57.8 Å². The molecule has 5 heteroatoms. The highest BCUT2D eigenvalue weighted by Gasteiger charge is 2.18. The summed E-state index contributed by atoms with van der Waals surface area (Å²) in [4.78, 5) is 25.6. The lowest BCUT2D eigenvalue weighted by Gasteiger charge is -2.18. The molecule has 0 aromatic rings. The molecule has 1 atom stereocenters. The number of esters is 2. The first-order valence-electron chi connectivity index (χ1n) is 31.2. The maximum atomic E-state index is 12.9. The fourth-order valence-corrected chi connectivity index (χ4v) is 9.27. The Bertz CT molecular complexity index is 1150. The average molecular weight is 982 g/mol. The molecule has 5 nitrogen and oxygen atoms in total. The van der Waals surface area contributed by atoms with E-state index < -0.39 is 6.10 Å². The van der Waals surface area contributed by atoms with E-state index in [2.05, 4.69) is 69.4 Å². The van der Waals surface area contributed by atoms with Gasteiger partial charge in [0.2, 0.25) is 0 Å². The Morgan fingerprint density at radius 2 is 0.643 bits per heavy atom. The van der Waals surface area contributed by atoms with Crippen LogP contribution in [0, 0.1) is 0 Å². The first-order chi connectivity index (χ1) is 34.6. The van der Waals surface area contributed by atoms with Crippen molar-refractivity contribution in [2.24, 2.45) is 0 Å². The maximum Gasteiger partial charge on any atom is 0.306 e. The molecule has 0 saturated carbocycles. The largest absolute Gasteiger partial charge is 0.462 e. The molecule has 410 valence electrons. The van der Waals surface area contributed by atoms with Gasteiger partial charge in [0, 0.05) is 19.4 Å². The first kappa shape index (κ1) is 67.9. The number of unbranched alkanes of at least 4 members (excludes halogenated alkanes) is 39. The molecule has 1 unspecified atom stereocenters. The van der Waals surface area contributed by atoms with Crippen LogP contribution in [0.25, 0.3) is 0 Å². The summed E-state index contributed by atoms with van der Waals surface area (Å²) in [5, 5.41) is 0. The van der Waals surface area contributed by atoms with E-state index in [-0.39, 0.29) is 25.2 Å². The van der Waals surface area contributed by atoms with Gasteiger partial charge in [0.1, 0.15) is 6.61 Å². The van der Waals surface area contributed by atoms with E-state index in [1.807, 2.05) is 0 Å². The topological polar surface area (TPSA) is 61.8 Å². The van der Waals surface area contributed by atoms with Crippen molar-refractivity contribution < 1.29 is 23.8 Å². The van der Waals surface area contributed by atoms with E-state index in [1.54, 1.807) is 0 Å². The zero-order valence-corrected chi connectivity index (χ0v) is 47.3. The summed E-state index contributed by atoms with van der Waals surface area (Å²) in [6.45, 7) is 7.78. The van der Waals surface area contributed by atoms with Gasteiger partial charge >= 0.3 is 11.9 Å². The molecule has 0 rings (SSSR count). The first-order valence-corrected chi connectivity index (χ1v) is 31.2. The molecule has 0 spiro atoms. The molecular weight excluding hydrogens is 861 g/mol. The standard InChI is InChI=1S/C65H120O5/c1-4-7-10-13-16-19-22-25-28-31-33-35-37-40-43-46-49-52-55-58-64(66)69-62-63(61-68-60-57-54-51-48-45-42-39-30-27-24-21-18-15-12-9-6-3)70-65(67)59-56-53-50-47-44-41-38-36-34-32-29-26-23-20-17-14-11-8-5-2/h7,10,16,19,25,28,33,35,63H,4-6,8-9,11-15,17-18,20-24,26-27,29-32,34,36-62H2,1-3H3/b10-7-,19-16-,28-25-,35-33-. The molecule has 0 aliphatic heterocycles. The zero-order chi connectivity index (χ0) is 50.6. The zero-order valence-electron chi connectivity index (χ0n) is 47.3. The second-order valence-corrected chi connectivity index (χ2v) is 20.9. The van der Waals surface area contributed by atoms with Crippen LogP contribution in [-0.4, -0.2) is 37.9 Å². The number of carbonyl (C=O) groups excluding carboxylic acids is 2. The molecule has 0 aliphatic rings. The molecule has 0 amide bonds. The lowest BCUT2D eigenvalue weighted by atomic mass is 10.0. The minimum absolute atomic E-state index is 0.0834. The summed E-state index contributed by atoms with van der Waals surface area (Å²) in [6.07, 6.45) is 77.1. The molecule has 0 aromatic heterocycles. The normalized spacial score (nSPS) is 12.4. The lowest BCUT2D eigenvalue weighted by Crippen LogP contribution is -2.30. The highest BCUT2D eigenvalue weighted by molar-refractivity contribution is 5.70. The predicted octanol–water partition coefficient (Wildman–Crippen LogP) is 21.5. The van der Waals surface area contributed by atoms with Gasteiger partial charge in [-0.25, -0.2) is 0 Å². The third-order valence-electron chi connectivity index (χ3n) is 13.9. The van der Waals surface area contributed by atoms with Crippen LogP contribution < -0.4 is 0 Å². The van der Waals surface area contributed by atoms with Crippen LogP contribution in [0.15, 0.2) is 48.6 Å². The van der Waals surface area contributed by atoms with Crippen molar-refractivity contribution in [1.82, 2.24) is 0 Å². The van der Waals surface area contributed by atoms with E-state index in [0.29, 0.717) is 19.4 Å². The Kier molecular flexibility index (Phi) is 59.3. The van der Waals surface area contributed by atoms with Crippen LogP contribution in [-0.2, 0) is 23.8 Å². The fourth-order valence-electron chi connectivity index (χ4n) is 9.27. The number of rotatable bonds is 58. The van der Waals surface area contributed by atoms with Crippen molar-refractivity contribution in [3.8, 4) is 0 Å². The van der Waals surface area contributed by atoms with Gasteiger partial charge in [0.25, 0.3) is 0 Å². The van der Waals surface area contributed by atoms with Gasteiger partial charge in [-0.3, -0.25) is 9.59 Å². The smallest absolute Gasteiger partial charge is 0.306 e. The maximum absolute atomic E-state index is 12.9. The van der Waals surface area contributed by atoms with E-state index in [4.69, 9.17) is 14.2 Å². The minimum Gasteiger partial charge on any atom is -0.462 e. The van der Waals surface area contributed by atoms with Crippen molar-refractivity contribution >= 4 is 11.9 Å². The molecule has 0 aliphatic carbocycles.